The molecule has 0 saturated heterocycles. The summed E-state index contributed by atoms with van der Waals surface area (Å²) in [4.78, 5) is 0. The van der Waals surface area contributed by atoms with Crippen molar-refractivity contribution < 1.29 is 5.11 Å². The molecule has 2 aromatic rings. The van der Waals surface area contributed by atoms with Crippen molar-refractivity contribution in [2.24, 2.45) is 0 Å². The van der Waals surface area contributed by atoms with E-state index in [0.717, 1.165) is 0 Å². The fourth-order valence-electron chi connectivity index (χ4n) is 0.970. The number of tetrazole rings is 1. The van der Waals surface area contributed by atoms with E-state index in [1.807, 2.05) is 0 Å². The maximum atomic E-state index is 9.46. The summed E-state index contributed by atoms with van der Waals surface area (Å²) in [5.41, 5.74) is 0.498. The molecule has 0 aliphatic heterocycles. The van der Waals surface area contributed by atoms with Crippen molar-refractivity contribution in [3.05, 3.63) is 23.2 Å². The van der Waals surface area contributed by atoms with E-state index in [1.165, 1.54) is 6.07 Å². The van der Waals surface area contributed by atoms with Crippen molar-refractivity contribution in [2.45, 2.75) is 0 Å². The number of halogens is 1. The van der Waals surface area contributed by atoms with Gasteiger partial charge in [0.25, 0.3) is 0 Å². The zero-order chi connectivity index (χ0) is 9.26. The zero-order valence-electron chi connectivity index (χ0n) is 6.40. The predicted octanol–water partition coefficient (Wildman–Crippen LogP) is 1.23. The molecule has 0 amide bonds. The van der Waals surface area contributed by atoms with Crippen LogP contribution in [0.5, 0.6) is 5.75 Å². The van der Waals surface area contributed by atoms with Crippen molar-refractivity contribution in [2.75, 3.05) is 0 Å². The van der Waals surface area contributed by atoms with Crippen molar-refractivity contribution in [3.8, 4) is 17.1 Å². The summed E-state index contributed by atoms with van der Waals surface area (Å²) < 4.78 is 0. The molecule has 13 heavy (non-hydrogen) atoms. The van der Waals surface area contributed by atoms with Gasteiger partial charge in [-0.05, 0) is 23.4 Å². The van der Waals surface area contributed by atoms with Crippen LogP contribution in [0.4, 0.5) is 0 Å². The molecule has 0 spiro atoms. The van der Waals surface area contributed by atoms with Crippen molar-refractivity contribution in [1.29, 1.82) is 0 Å². The highest BCUT2D eigenvalue weighted by atomic mass is 35.5. The number of aromatic hydroxyl groups is 1. The summed E-state index contributed by atoms with van der Waals surface area (Å²) in [6, 6.07) is 4.70. The number of H-pyrrole nitrogens is 1. The van der Waals surface area contributed by atoms with E-state index >= 15 is 0 Å². The maximum Gasteiger partial charge on any atom is 0.208 e. The van der Waals surface area contributed by atoms with Gasteiger partial charge in [-0.3, -0.25) is 0 Å². The molecule has 0 radical (unpaired) electrons. The fraction of sp³-hybridized carbons (Fsp3) is 0. The van der Waals surface area contributed by atoms with E-state index < -0.39 is 0 Å². The summed E-state index contributed by atoms with van der Waals surface area (Å²) in [5.74, 6) is 0.378. The number of hydrogen-bond acceptors (Lipinski definition) is 4. The van der Waals surface area contributed by atoms with Crippen LogP contribution in [-0.2, 0) is 0 Å². The smallest absolute Gasteiger partial charge is 0.208 e. The molecule has 0 bridgehead atoms. The average Bonchev–Trinajstić information content (AvgIpc) is 2.56. The minimum absolute atomic E-state index is 0.0360. The van der Waals surface area contributed by atoms with Gasteiger partial charge in [0.1, 0.15) is 5.75 Å². The van der Waals surface area contributed by atoms with Gasteiger partial charge in [-0.2, -0.15) is 5.21 Å². The third kappa shape index (κ3) is 1.46. The highest BCUT2D eigenvalue weighted by molar-refractivity contribution is 6.30. The Balaban J connectivity index is 2.53. The lowest BCUT2D eigenvalue weighted by atomic mass is 10.2. The summed E-state index contributed by atoms with van der Waals surface area (Å²) in [5, 5.41) is 23.1. The lowest BCUT2D eigenvalue weighted by molar-refractivity contribution is 0.477. The fourth-order valence-corrected chi connectivity index (χ4v) is 1.14. The summed E-state index contributed by atoms with van der Waals surface area (Å²) in [6.45, 7) is 0. The number of rotatable bonds is 1. The molecule has 0 atom stereocenters. The first-order chi connectivity index (χ1) is 6.27. The summed E-state index contributed by atoms with van der Waals surface area (Å²) in [6.07, 6.45) is 0. The first kappa shape index (κ1) is 8.00. The van der Waals surface area contributed by atoms with Gasteiger partial charge in [0.2, 0.25) is 5.82 Å². The van der Waals surface area contributed by atoms with Crippen LogP contribution in [0.25, 0.3) is 11.4 Å². The van der Waals surface area contributed by atoms with Crippen LogP contribution in [0.15, 0.2) is 18.2 Å². The number of benzene rings is 1. The van der Waals surface area contributed by atoms with Crippen molar-refractivity contribution >= 4 is 11.6 Å². The van der Waals surface area contributed by atoms with E-state index in [0.29, 0.717) is 16.4 Å². The second kappa shape index (κ2) is 3.02. The van der Waals surface area contributed by atoms with E-state index in [1.54, 1.807) is 12.1 Å². The SMILES string of the molecule is Oc1cc(Cl)ccc1-c1nn[nH]n1. The van der Waals surface area contributed by atoms with E-state index in [-0.39, 0.29) is 5.75 Å². The predicted molar refractivity (Wildman–Crippen MR) is 46.3 cm³/mol. The Morgan fingerprint density at radius 3 is 2.85 bits per heavy atom. The minimum Gasteiger partial charge on any atom is -0.507 e. The molecule has 0 unspecified atom stereocenters. The lowest BCUT2D eigenvalue weighted by Crippen LogP contribution is -1.81. The highest BCUT2D eigenvalue weighted by Gasteiger charge is 2.08. The van der Waals surface area contributed by atoms with E-state index in [2.05, 4.69) is 20.6 Å². The van der Waals surface area contributed by atoms with Crippen LogP contribution >= 0.6 is 11.6 Å². The van der Waals surface area contributed by atoms with Gasteiger partial charge in [0.15, 0.2) is 0 Å². The van der Waals surface area contributed by atoms with Crippen molar-refractivity contribution in [3.63, 3.8) is 0 Å². The topological polar surface area (TPSA) is 74.7 Å². The minimum atomic E-state index is 0.0360. The second-order valence-electron chi connectivity index (χ2n) is 2.40. The maximum absolute atomic E-state index is 9.46. The van der Waals surface area contributed by atoms with Gasteiger partial charge in [-0.25, -0.2) is 0 Å². The zero-order valence-corrected chi connectivity index (χ0v) is 7.15. The quantitative estimate of drug-likeness (QED) is 0.719. The first-order valence-electron chi connectivity index (χ1n) is 3.50. The number of nitrogens with one attached hydrogen (secondary N) is 1. The average molecular weight is 197 g/mol. The largest absolute Gasteiger partial charge is 0.507 e. The second-order valence-corrected chi connectivity index (χ2v) is 2.83. The van der Waals surface area contributed by atoms with Gasteiger partial charge in [0, 0.05) is 5.02 Å². The molecule has 1 aromatic heterocycles. The van der Waals surface area contributed by atoms with Crippen LogP contribution in [0.1, 0.15) is 0 Å². The van der Waals surface area contributed by atoms with Crippen LogP contribution in [0.3, 0.4) is 0 Å². The molecule has 1 heterocycles. The molecule has 2 rings (SSSR count). The lowest BCUT2D eigenvalue weighted by Gasteiger charge is -1.98. The number of aromatic amines is 1. The standard InChI is InChI=1S/C7H5ClN4O/c8-4-1-2-5(6(13)3-4)7-9-11-12-10-7/h1-3,13H,(H,9,10,11,12). The first-order valence-corrected chi connectivity index (χ1v) is 3.87. The van der Waals surface area contributed by atoms with Gasteiger partial charge in [-0.15, -0.1) is 10.2 Å². The molecule has 0 aliphatic rings. The van der Waals surface area contributed by atoms with E-state index in [4.69, 9.17) is 11.6 Å². The Bertz CT molecular complexity index is 414. The third-order valence-electron chi connectivity index (χ3n) is 1.55. The Hall–Kier alpha value is -1.62. The molecule has 66 valence electrons. The van der Waals surface area contributed by atoms with Gasteiger partial charge >= 0.3 is 0 Å². The van der Waals surface area contributed by atoms with Gasteiger partial charge < -0.3 is 5.11 Å². The number of phenolic OH excluding ortho intramolecular Hbond substituents is 1. The summed E-state index contributed by atoms with van der Waals surface area (Å²) in [7, 11) is 0. The molecule has 0 aliphatic carbocycles. The van der Waals surface area contributed by atoms with Gasteiger partial charge in [0.05, 0.1) is 5.56 Å². The normalized spacial score (nSPS) is 10.2. The van der Waals surface area contributed by atoms with Crippen LogP contribution in [0, 0.1) is 0 Å². The molecule has 2 N–H and O–H groups in total. The molecule has 0 saturated carbocycles. The van der Waals surface area contributed by atoms with Crippen LogP contribution in [-0.4, -0.2) is 25.7 Å². The molecular weight excluding hydrogens is 192 g/mol. The molecule has 1 aromatic carbocycles. The Kier molecular flexibility index (Phi) is 1.86. The number of phenols is 1. The number of nitrogens with zero attached hydrogens (tertiary/aromatic N) is 3. The Morgan fingerprint density at radius 1 is 1.38 bits per heavy atom. The molecule has 6 heteroatoms. The number of hydrogen-bond donors (Lipinski definition) is 2. The monoisotopic (exact) mass is 196 g/mol. The number of aromatic nitrogens is 4. The van der Waals surface area contributed by atoms with Gasteiger partial charge in [-0.1, -0.05) is 11.6 Å². The van der Waals surface area contributed by atoms with Crippen LogP contribution < -0.4 is 0 Å². The third-order valence-corrected chi connectivity index (χ3v) is 1.78. The molecular formula is C7H5ClN4O. The van der Waals surface area contributed by atoms with Crippen molar-refractivity contribution in [1.82, 2.24) is 20.6 Å². The molecule has 5 nitrogen and oxygen atoms in total. The van der Waals surface area contributed by atoms with Crippen LogP contribution in [0.2, 0.25) is 5.02 Å². The Morgan fingerprint density at radius 2 is 2.23 bits per heavy atom. The Labute approximate surface area is 78.4 Å². The summed E-state index contributed by atoms with van der Waals surface area (Å²) >= 11 is 5.65. The molecule has 0 fully saturated rings. The highest BCUT2D eigenvalue weighted by Crippen LogP contribution is 2.28. The van der Waals surface area contributed by atoms with E-state index in [9.17, 15) is 5.11 Å².